The van der Waals surface area contributed by atoms with Gasteiger partial charge >= 0.3 is 6.18 Å². The fraction of sp³-hybridized carbons (Fsp3) is 0.0991. The van der Waals surface area contributed by atoms with E-state index in [0.29, 0.717) is 22.5 Å². The van der Waals surface area contributed by atoms with E-state index in [1.54, 1.807) is 111 Å². The number of halogens is 11. The molecule has 0 aliphatic rings. The number of hydrogen-bond donors (Lipinski definition) is 0. The van der Waals surface area contributed by atoms with Gasteiger partial charge in [0.25, 0.3) is 0 Å². The van der Waals surface area contributed by atoms with Gasteiger partial charge in [0, 0.05) is 257 Å². The molecule has 27 heteroatoms. The first kappa shape index (κ1) is 122. The maximum atomic E-state index is 15.0. The van der Waals surface area contributed by atoms with Gasteiger partial charge in [-0.1, -0.05) is 163 Å². The van der Waals surface area contributed by atoms with Gasteiger partial charge in [-0.3, -0.25) is 35.1 Å². The van der Waals surface area contributed by atoms with Crippen molar-refractivity contribution in [3.63, 3.8) is 0 Å². The van der Waals surface area contributed by atoms with Crippen molar-refractivity contribution in [2.45, 2.75) is 73.9 Å². The van der Waals surface area contributed by atoms with Crippen LogP contribution in [-0.2, 0) is 173 Å². The topological polar surface area (TPSA) is 103 Å². The summed E-state index contributed by atoms with van der Waals surface area (Å²) in [7, 11) is 0. The standard InChI is InChI=1S/C21H20N.C20H13F5N.4C12H9FN.2C11H7FN.8Ir/c1-2-3-8-17-9-6-10-18(15-17)19-11-7-12-20(16-19)21-13-4-5-14-22-21;1-11-3-6-17(26-10-11)15-4-5-16(21)18(19(15)22)13-7-12(2)8-14(9-13)20(23,24)25;1-9-2-7-12(14-8-9)10-3-5-11(13)6-4-10;1-9-6-7-14-12(8-9)10-2-4-11(13)5-3-10;1-9-8-10(13)5-6-11(9)12-4-2-3-7-14-12;1-9-6-7-14-12(8-9)10-4-2-3-5-11(10)13;12-10-6-2-1-5-9(10)11-7-3-4-8-13-11;12-10-6-4-9(5-7-10)11-3-1-2-8-13-11;;;;;;;;/h4-7,9-11,13-16H,2-3,8H2,1H3;3,5-10H,1-2H3;2-3,5-8H,1H3;2,4-8H,1H3;2-5,7-8H,1H3;2-3,5-8H,1H3;2*1-4,6-8H;;;;;;;;/q8*-1;;;;;;;;. The molecule has 0 spiro atoms. The van der Waals surface area contributed by atoms with Crippen LogP contribution in [0.15, 0.2) is 341 Å². The molecule has 0 bridgehead atoms. The Balaban J connectivity index is 0.000000408. The summed E-state index contributed by atoms with van der Waals surface area (Å²) in [6.45, 7) is 13.2. The second-order valence-corrected chi connectivity index (χ2v) is 29.2. The Hall–Kier alpha value is -10.2. The van der Waals surface area contributed by atoms with Crippen molar-refractivity contribution in [3.8, 4) is 112 Å². The fourth-order valence-electron chi connectivity index (χ4n) is 12.6. The van der Waals surface area contributed by atoms with Crippen LogP contribution < -0.4 is 0 Å². The molecule has 0 N–H and O–H groups in total. The van der Waals surface area contributed by atoms with Crippen molar-refractivity contribution in [1.29, 1.82) is 0 Å². The Bertz CT molecular complexity index is 6580. The first-order valence-electron chi connectivity index (χ1n) is 40.9. The number of unbranched alkanes of at least 4 members (excludes halogenated alkanes) is 1. The number of rotatable bonds is 13. The van der Waals surface area contributed by atoms with E-state index in [1.165, 1.54) is 109 Å². The van der Waals surface area contributed by atoms with Crippen molar-refractivity contribution in [2.75, 3.05) is 0 Å². The molecular formula is C111H83F11Ir8N8-8. The Kier molecular flexibility index (Phi) is 55.5. The number of benzene rings is 10. The average Bonchev–Trinajstić information content (AvgIpc) is 0.775. The predicted molar refractivity (Wildman–Crippen MR) is 491 cm³/mol. The van der Waals surface area contributed by atoms with Crippen LogP contribution in [0.25, 0.3) is 112 Å². The van der Waals surface area contributed by atoms with E-state index in [0.717, 1.165) is 109 Å². The zero-order chi connectivity index (χ0) is 92.3. The van der Waals surface area contributed by atoms with E-state index >= 15 is 0 Å². The maximum absolute atomic E-state index is 15.0. The van der Waals surface area contributed by atoms with E-state index in [1.807, 2.05) is 137 Å². The molecule has 0 saturated heterocycles. The van der Waals surface area contributed by atoms with E-state index in [9.17, 15) is 48.3 Å². The number of hydrogen-bond acceptors (Lipinski definition) is 8. The summed E-state index contributed by atoms with van der Waals surface area (Å²) in [4.78, 5) is 33.3. The van der Waals surface area contributed by atoms with Crippen LogP contribution in [0, 0.1) is 137 Å². The van der Waals surface area contributed by atoms with Gasteiger partial charge in [-0.25, -0.2) is 0 Å². The van der Waals surface area contributed by atoms with Crippen LogP contribution in [0.3, 0.4) is 0 Å². The van der Waals surface area contributed by atoms with Crippen LogP contribution in [0.5, 0.6) is 0 Å². The monoisotopic (exact) mass is 3280 g/mol. The van der Waals surface area contributed by atoms with Crippen molar-refractivity contribution < 1.29 is 209 Å². The molecule has 18 rings (SSSR count). The molecule has 8 radical (unpaired) electrons. The van der Waals surface area contributed by atoms with Crippen molar-refractivity contribution >= 4 is 0 Å². The van der Waals surface area contributed by atoms with E-state index in [-0.39, 0.29) is 218 Å². The number of aryl methyl sites for hydroxylation is 7. The fourth-order valence-corrected chi connectivity index (χ4v) is 12.6. The number of alkyl halides is 3. The molecule has 18 aromatic rings. The van der Waals surface area contributed by atoms with Gasteiger partial charge in [-0.15, -0.1) is 215 Å². The molecule has 0 fully saturated rings. The summed E-state index contributed by atoms with van der Waals surface area (Å²) in [6, 6.07) is 104. The molecule has 0 saturated carbocycles. The van der Waals surface area contributed by atoms with Crippen LogP contribution in [0.4, 0.5) is 48.3 Å². The second-order valence-electron chi connectivity index (χ2n) is 29.2. The van der Waals surface area contributed by atoms with Gasteiger partial charge in [0.15, 0.2) is 0 Å². The van der Waals surface area contributed by atoms with Gasteiger partial charge in [-0.2, -0.15) is 13.2 Å². The SMILES string of the molecule is CCCCc1cccc(-c2cc[c-]c(-c3ccccn3)c2)c1.Cc1cc(F)c[c-]c1-c1ccccn1.Cc1ccc(-c2[c-]cc(F)c(-c3cc(C)cc(C(F)(F)F)c3)c2F)nc1.Cc1ccc(-c2[c-]cc(F)cc2)nc1.Cc1ccnc(-c2[c-]cc(F)cc2)c1.Cc1ccnc(-c2[c-]cccc2F)c1.Fc1c[c-]c(-c2ccccn2)cc1.Fc1ccc[c-]c1-c1ccccn1.[Ir].[Ir].[Ir].[Ir].[Ir].[Ir].[Ir].[Ir]. The smallest absolute Gasteiger partial charge is 0.305 e. The summed E-state index contributed by atoms with van der Waals surface area (Å²) in [6.07, 6.45) is 12.6. The molecule has 0 amide bonds. The molecule has 0 aliphatic carbocycles. The Labute approximate surface area is 906 Å². The molecule has 0 atom stereocenters. The van der Waals surface area contributed by atoms with Gasteiger partial charge in [0.05, 0.1) is 5.56 Å². The minimum absolute atomic E-state index is 0. The molecular weight excluding hydrogens is 3190 g/mol. The first-order chi connectivity index (χ1) is 62.8. The van der Waals surface area contributed by atoms with Crippen molar-refractivity contribution in [1.82, 2.24) is 39.9 Å². The van der Waals surface area contributed by atoms with Crippen molar-refractivity contribution in [3.05, 3.63) is 480 Å². The van der Waals surface area contributed by atoms with E-state index in [2.05, 4.69) is 132 Å². The van der Waals surface area contributed by atoms with Gasteiger partial charge in [-0.05, 0) is 180 Å². The first-order valence-corrected chi connectivity index (χ1v) is 40.9. The Morgan fingerprint density at radius 1 is 0.275 bits per heavy atom. The minimum Gasteiger partial charge on any atom is -0.305 e. The van der Waals surface area contributed by atoms with E-state index < -0.39 is 28.9 Å². The molecule has 0 unspecified atom stereocenters. The quantitative estimate of drug-likeness (QED) is 0.0831. The van der Waals surface area contributed by atoms with Crippen LogP contribution in [0.1, 0.15) is 64.3 Å². The average molecular weight is 3280 g/mol. The summed E-state index contributed by atoms with van der Waals surface area (Å²) < 4.78 is 146. The molecule has 0 aliphatic heterocycles. The zero-order valence-corrected chi connectivity index (χ0v) is 93.5. The predicted octanol–water partition coefficient (Wildman–Crippen LogP) is 29.0. The van der Waals surface area contributed by atoms with Gasteiger partial charge in [0.2, 0.25) is 0 Å². The number of pyridine rings is 8. The molecule has 724 valence electrons. The van der Waals surface area contributed by atoms with Gasteiger partial charge in [0.1, 0.15) is 0 Å². The third-order valence-corrected chi connectivity index (χ3v) is 19.1. The molecule has 8 aromatic heterocycles. The van der Waals surface area contributed by atoms with Crippen LogP contribution in [0.2, 0.25) is 0 Å². The van der Waals surface area contributed by atoms with Crippen LogP contribution in [-0.4, -0.2) is 39.9 Å². The molecule has 8 nitrogen and oxygen atoms in total. The zero-order valence-electron chi connectivity index (χ0n) is 74.4. The summed E-state index contributed by atoms with van der Waals surface area (Å²) in [5.41, 5.74) is 18.2. The molecule has 8 heterocycles. The molecule has 10 aromatic carbocycles. The normalized spacial score (nSPS) is 9.87. The van der Waals surface area contributed by atoms with Crippen LogP contribution >= 0.6 is 0 Å². The number of nitrogens with zero attached hydrogens (tertiary/aromatic N) is 8. The van der Waals surface area contributed by atoms with Gasteiger partial charge < -0.3 is 39.9 Å². The second kappa shape index (κ2) is 62.8. The maximum Gasteiger partial charge on any atom is 0.416 e. The number of aromatic nitrogens is 8. The third kappa shape index (κ3) is 38.4. The minimum atomic E-state index is -4.62. The Morgan fingerprint density at radius 3 is 1.18 bits per heavy atom. The molecule has 138 heavy (non-hydrogen) atoms. The summed E-state index contributed by atoms with van der Waals surface area (Å²) >= 11 is 0. The van der Waals surface area contributed by atoms with Crippen molar-refractivity contribution in [2.24, 2.45) is 0 Å². The largest absolute Gasteiger partial charge is 0.416 e. The Morgan fingerprint density at radius 2 is 0.717 bits per heavy atom. The summed E-state index contributed by atoms with van der Waals surface area (Å²) in [5, 5.41) is 0. The third-order valence-electron chi connectivity index (χ3n) is 19.1. The van der Waals surface area contributed by atoms with E-state index in [4.69, 9.17) is 0 Å². The summed E-state index contributed by atoms with van der Waals surface area (Å²) in [5.74, 6) is -3.66.